The maximum atomic E-state index is 14.0. The van der Waals surface area contributed by atoms with Crippen LogP contribution >= 0.6 is 11.8 Å². The van der Waals surface area contributed by atoms with E-state index in [0.29, 0.717) is 17.9 Å². The molecule has 2 N–H and O–H groups in total. The van der Waals surface area contributed by atoms with Crippen LogP contribution in [-0.2, 0) is 6.42 Å². The zero-order valence-electron chi connectivity index (χ0n) is 11.2. The van der Waals surface area contributed by atoms with E-state index < -0.39 is 0 Å². The Bertz CT molecular complexity index is 581. The third-order valence-electron chi connectivity index (χ3n) is 2.98. The lowest BCUT2D eigenvalue weighted by molar-refractivity contribution is 0.599. The van der Waals surface area contributed by atoms with Gasteiger partial charge in [0.15, 0.2) is 0 Å². The van der Waals surface area contributed by atoms with Crippen molar-refractivity contribution in [2.75, 3.05) is 6.54 Å². The van der Waals surface area contributed by atoms with Crippen molar-refractivity contribution in [1.29, 1.82) is 0 Å². The van der Waals surface area contributed by atoms with Crippen LogP contribution in [0.2, 0.25) is 0 Å². The second-order valence-electron chi connectivity index (χ2n) is 4.67. The highest BCUT2D eigenvalue weighted by Crippen LogP contribution is 2.32. The van der Waals surface area contributed by atoms with Gasteiger partial charge in [-0.1, -0.05) is 35.5 Å². The monoisotopic (exact) mass is 275 g/mol. The van der Waals surface area contributed by atoms with Gasteiger partial charge in [0.05, 0.1) is 0 Å². The van der Waals surface area contributed by atoms with E-state index >= 15 is 0 Å². The predicted molar refractivity (Wildman–Crippen MR) is 79.2 cm³/mol. The average molecular weight is 275 g/mol. The minimum absolute atomic E-state index is 0.170. The Morgan fingerprint density at radius 2 is 1.79 bits per heavy atom. The number of halogens is 1. The molecule has 2 rings (SSSR count). The first-order valence-electron chi connectivity index (χ1n) is 6.34. The van der Waals surface area contributed by atoms with Gasteiger partial charge >= 0.3 is 0 Å². The van der Waals surface area contributed by atoms with Crippen LogP contribution in [0.1, 0.15) is 16.7 Å². The van der Waals surface area contributed by atoms with Gasteiger partial charge in [-0.25, -0.2) is 4.39 Å². The molecule has 0 radical (unpaired) electrons. The molecule has 100 valence electrons. The van der Waals surface area contributed by atoms with Gasteiger partial charge in [0, 0.05) is 9.79 Å². The molecule has 1 nitrogen and oxygen atoms in total. The summed E-state index contributed by atoms with van der Waals surface area (Å²) in [5, 5.41) is 0. The molecule has 2 aromatic rings. The number of benzene rings is 2. The maximum Gasteiger partial charge on any atom is 0.137 e. The Morgan fingerprint density at radius 3 is 2.42 bits per heavy atom. The predicted octanol–water partition coefficient (Wildman–Crippen LogP) is 4.09. The highest BCUT2D eigenvalue weighted by atomic mass is 32.2. The fourth-order valence-corrected chi connectivity index (χ4v) is 2.87. The summed E-state index contributed by atoms with van der Waals surface area (Å²) in [5.41, 5.74) is 8.83. The minimum Gasteiger partial charge on any atom is -0.330 e. The quantitative estimate of drug-likeness (QED) is 0.909. The maximum absolute atomic E-state index is 14.0. The SMILES string of the molecule is Cc1ccc(Sc2ccc(CCN)cc2F)c(C)c1. The summed E-state index contributed by atoms with van der Waals surface area (Å²) in [7, 11) is 0. The zero-order chi connectivity index (χ0) is 13.8. The van der Waals surface area contributed by atoms with Crippen molar-refractivity contribution in [2.45, 2.75) is 30.1 Å². The summed E-state index contributed by atoms with van der Waals surface area (Å²) in [5.74, 6) is -0.170. The standard InChI is InChI=1S/C16H18FNS/c1-11-3-5-15(12(2)9-11)19-16-6-4-13(7-8-18)10-14(16)17/h3-6,9-10H,7-8,18H2,1-2H3. The second-order valence-corrected chi connectivity index (χ2v) is 5.76. The van der Waals surface area contributed by atoms with Crippen LogP contribution < -0.4 is 5.73 Å². The first kappa shape index (κ1) is 14.1. The molecule has 0 bridgehead atoms. The van der Waals surface area contributed by atoms with Crippen LogP contribution in [0, 0.1) is 19.7 Å². The molecule has 0 aliphatic rings. The molecule has 2 aromatic carbocycles. The van der Waals surface area contributed by atoms with Crippen molar-refractivity contribution < 1.29 is 4.39 Å². The van der Waals surface area contributed by atoms with Crippen LogP contribution in [0.25, 0.3) is 0 Å². The first-order valence-corrected chi connectivity index (χ1v) is 7.15. The van der Waals surface area contributed by atoms with Gasteiger partial charge < -0.3 is 5.73 Å². The van der Waals surface area contributed by atoms with E-state index in [0.717, 1.165) is 10.5 Å². The van der Waals surface area contributed by atoms with Crippen molar-refractivity contribution in [3.05, 3.63) is 58.9 Å². The summed E-state index contributed by atoms with van der Waals surface area (Å²) in [6.07, 6.45) is 0.714. The smallest absolute Gasteiger partial charge is 0.137 e. The van der Waals surface area contributed by atoms with Gasteiger partial charge in [-0.2, -0.15) is 0 Å². The highest BCUT2D eigenvalue weighted by Gasteiger charge is 2.07. The summed E-state index contributed by atoms with van der Waals surface area (Å²) in [4.78, 5) is 1.75. The van der Waals surface area contributed by atoms with Gasteiger partial charge in [0.25, 0.3) is 0 Å². The number of nitrogens with two attached hydrogens (primary N) is 1. The van der Waals surface area contributed by atoms with E-state index in [-0.39, 0.29) is 5.82 Å². The molecule has 0 fully saturated rings. The van der Waals surface area contributed by atoms with Crippen LogP contribution in [0.15, 0.2) is 46.2 Å². The molecular weight excluding hydrogens is 257 g/mol. The van der Waals surface area contributed by atoms with E-state index in [1.807, 2.05) is 18.2 Å². The molecule has 0 saturated heterocycles. The number of hydrogen-bond donors (Lipinski definition) is 1. The van der Waals surface area contributed by atoms with Crippen molar-refractivity contribution in [1.82, 2.24) is 0 Å². The summed E-state index contributed by atoms with van der Waals surface area (Å²) < 4.78 is 14.0. The van der Waals surface area contributed by atoms with Crippen molar-refractivity contribution in [3.63, 3.8) is 0 Å². The fraction of sp³-hybridized carbons (Fsp3) is 0.250. The lowest BCUT2D eigenvalue weighted by Crippen LogP contribution is -2.02. The molecule has 0 spiro atoms. The summed E-state index contributed by atoms with van der Waals surface area (Å²) in [6, 6.07) is 11.6. The Balaban J connectivity index is 2.23. The average Bonchev–Trinajstić information content (AvgIpc) is 2.36. The van der Waals surface area contributed by atoms with Gasteiger partial charge in [0.2, 0.25) is 0 Å². The molecule has 19 heavy (non-hydrogen) atoms. The molecule has 0 aromatic heterocycles. The molecule has 3 heteroatoms. The Kier molecular flexibility index (Phi) is 4.61. The number of hydrogen-bond acceptors (Lipinski definition) is 2. The number of aryl methyl sites for hydroxylation is 2. The summed E-state index contributed by atoms with van der Waals surface area (Å²) >= 11 is 1.47. The lowest BCUT2D eigenvalue weighted by atomic mass is 10.1. The minimum atomic E-state index is -0.170. The van der Waals surface area contributed by atoms with E-state index in [2.05, 4.69) is 26.0 Å². The van der Waals surface area contributed by atoms with Crippen molar-refractivity contribution >= 4 is 11.8 Å². The topological polar surface area (TPSA) is 26.0 Å². The van der Waals surface area contributed by atoms with E-state index in [1.165, 1.54) is 22.9 Å². The third-order valence-corrected chi connectivity index (χ3v) is 4.21. The lowest BCUT2D eigenvalue weighted by Gasteiger charge is -2.08. The van der Waals surface area contributed by atoms with Gasteiger partial charge in [-0.3, -0.25) is 0 Å². The Morgan fingerprint density at radius 1 is 1.05 bits per heavy atom. The van der Waals surface area contributed by atoms with Crippen molar-refractivity contribution in [3.8, 4) is 0 Å². The van der Waals surface area contributed by atoms with Gasteiger partial charge in [-0.05, 0) is 56.1 Å². The van der Waals surface area contributed by atoms with E-state index in [1.54, 1.807) is 6.07 Å². The van der Waals surface area contributed by atoms with Gasteiger partial charge in [-0.15, -0.1) is 0 Å². The van der Waals surface area contributed by atoms with Gasteiger partial charge in [0.1, 0.15) is 5.82 Å². The fourth-order valence-electron chi connectivity index (χ4n) is 1.98. The molecule has 0 saturated carbocycles. The largest absolute Gasteiger partial charge is 0.330 e. The molecular formula is C16H18FNS. The summed E-state index contributed by atoms with van der Waals surface area (Å²) in [6.45, 7) is 4.66. The van der Waals surface area contributed by atoms with Crippen LogP contribution in [0.5, 0.6) is 0 Å². The molecule has 0 atom stereocenters. The molecule has 0 amide bonds. The van der Waals surface area contributed by atoms with Crippen LogP contribution in [-0.4, -0.2) is 6.54 Å². The molecule has 0 unspecified atom stereocenters. The normalized spacial score (nSPS) is 10.7. The van der Waals surface area contributed by atoms with E-state index in [9.17, 15) is 4.39 Å². The highest BCUT2D eigenvalue weighted by molar-refractivity contribution is 7.99. The second kappa shape index (κ2) is 6.22. The third kappa shape index (κ3) is 3.58. The first-order chi connectivity index (χ1) is 9.10. The van der Waals surface area contributed by atoms with Crippen LogP contribution in [0.3, 0.4) is 0 Å². The molecule has 0 heterocycles. The molecule has 0 aliphatic carbocycles. The zero-order valence-corrected chi connectivity index (χ0v) is 12.1. The Labute approximate surface area is 118 Å². The Hall–Kier alpha value is -1.32. The number of rotatable bonds is 4. The van der Waals surface area contributed by atoms with Crippen molar-refractivity contribution in [2.24, 2.45) is 5.73 Å². The van der Waals surface area contributed by atoms with E-state index in [4.69, 9.17) is 5.73 Å². The van der Waals surface area contributed by atoms with Crippen LogP contribution in [0.4, 0.5) is 4.39 Å². The molecule has 0 aliphatic heterocycles.